The van der Waals surface area contributed by atoms with E-state index in [9.17, 15) is 34.6 Å². The van der Waals surface area contributed by atoms with Crippen molar-refractivity contribution in [1.29, 1.82) is 0 Å². The first-order chi connectivity index (χ1) is 14.9. The van der Waals surface area contributed by atoms with Gasteiger partial charge in [0.1, 0.15) is 11.6 Å². The highest BCUT2D eigenvalue weighted by Gasteiger charge is 2.28. The zero-order valence-electron chi connectivity index (χ0n) is 18.2. The van der Waals surface area contributed by atoms with Gasteiger partial charge in [-0.2, -0.15) is 0 Å². The molecule has 0 rings (SSSR count). The molecule has 0 saturated carbocycles. The molecule has 0 aliphatic carbocycles. The minimum Gasteiger partial charge on any atom is -0.466 e. The highest BCUT2D eigenvalue weighted by molar-refractivity contribution is 5.86. The third-order valence-corrected chi connectivity index (χ3v) is 3.32. The molecule has 15 heteroatoms. The summed E-state index contributed by atoms with van der Waals surface area (Å²) in [5, 5.41) is 20.5. The molecule has 32 heavy (non-hydrogen) atoms. The fourth-order valence-corrected chi connectivity index (χ4v) is 2.01. The van der Waals surface area contributed by atoms with Gasteiger partial charge in [0.05, 0.1) is 32.8 Å². The molecule has 0 aromatic heterocycles. The predicted octanol–water partition coefficient (Wildman–Crippen LogP) is 1.33. The molecule has 1 N–H and O–H groups in total. The van der Waals surface area contributed by atoms with Crippen molar-refractivity contribution in [3.05, 3.63) is 20.2 Å². The summed E-state index contributed by atoms with van der Waals surface area (Å²) < 4.78 is 15.0. The molecule has 0 aromatic carbocycles. The largest absolute Gasteiger partial charge is 0.466 e. The van der Waals surface area contributed by atoms with Crippen LogP contribution in [0, 0.1) is 20.2 Å². The maximum atomic E-state index is 12.3. The number of nitrogens with one attached hydrogen (secondary N) is 1. The van der Waals surface area contributed by atoms with E-state index in [0.717, 1.165) is 0 Å². The Labute approximate surface area is 183 Å². The normalized spacial score (nSPS) is 11.6. The molecular formula is C17H29N3O12. The van der Waals surface area contributed by atoms with E-state index >= 15 is 0 Å². The van der Waals surface area contributed by atoms with Crippen molar-refractivity contribution in [1.82, 2.24) is 5.32 Å². The number of unbranched alkanes of at least 4 members (excludes halogenated alkanes) is 2. The van der Waals surface area contributed by atoms with Gasteiger partial charge in [0.2, 0.25) is 0 Å². The highest BCUT2D eigenvalue weighted by Crippen LogP contribution is 2.08. The van der Waals surface area contributed by atoms with Gasteiger partial charge in [-0.05, 0) is 46.5 Å². The van der Waals surface area contributed by atoms with Gasteiger partial charge < -0.3 is 29.2 Å². The van der Waals surface area contributed by atoms with Gasteiger partial charge >= 0.3 is 18.0 Å². The molecule has 0 heterocycles. The fraction of sp³-hybridized carbons (Fsp3) is 0.824. The Morgan fingerprint density at radius 1 is 0.844 bits per heavy atom. The minimum absolute atomic E-state index is 0.0649. The van der Waals surface area contributed by atoms with E-state index in [-0.39, 0.29) is 45.7 Å². The van der Waals surface area contributed by atoms with Gasteiger partial charge in [-0.25, -0.2) is 9.59 Å². The van der Waals surface area contributed by atoms with E-state index in [1.165, 1.54) is 0 Å². The number of hydrogen-bond donors (Lipinski definition) is 1. The summed E-state index contributed by atoms with van der Waals surface area (Å²) in [4.78, 5) is 64.6. The number of ether oxygens (including phenoxy) is 3. The number of alkyl carbamates (subject to hydrolysis) is 1. The average Bonchev–Trinajstić information content (AvgIpc) is 2.64. The van der Waals surface area contributed by atoms with Gasteiger partial charge in [0, 0.05) is 0 Å². The number of amides is 1. The number of carbonyl (C=O) groups is 3. The Hall–Kier alpha value is -3.39. The van der Waals surface area contributed by atoms with Crippen molar-refractivity contribution < 1.29 is 48.4 Å². The van der Waals surface area contributed by atoms with Crippen LogP contribution in [-0.4, -0.2) is 66.3 Å². The number of hydrogen-bond acceptors (Lipinski definition) is 12. The van der Waals surface area contributed by atoms with Crippen LogP contribution in [-0.2, 0) is 33.5 Å². The van der Waals surface area contributed by atoms with Crippen LogP contribution in [0.4, 0.5) is 4.79 Å². The molecule has 0 fully saturated rings. The summed E-state index contributed by atoms with van der Waals surface area (Å²) in [5.41, 5.74) is -0.845. The molecule has 0 aliphatic rings. The zero-order valence-corrected chi connectivity index (χ0v) is 18.2. The molecule has 0 bridgehead atoms. The van der Waals surface area contributed by atoms with Crippen LogP contribution in [0.3, 0.4) is 0 Å². The molecule has 15 nitrogen and oxygen atoms in total. The van der Waals surface area contributed by atoms with Crippen molar-refractivity contribution >= 4 is 18.0 Å². The van der Waals surface area contributed by atoms with Gasteiger partial charge in [-0.1, -0.05) is 0 Å². The zero-order chi connectivity index (χ0) is 24.6. The molecule has 1 atom stereocenters. The van der Waals surface area contributed by atoms with E-state index in [2.05, 4.69) is 15.0 Å². The molecule has 0 radical (unpaired) electrons. The first-order valence-corrected chi connectivity index (χ1v) is 9.77. The maximum Gasteiger partial charge on any atom is 0.408 e. The van der Waals surface area contributed by atoms with E-state index in [4.69, 9.17) is 14.2 Å². The lowest BCUT2D eigenvalue weighted by molar-refractivity contribution is -0.757. The molecule has 184 valence electrons. The summed E-state index contributed by atoms with van der Waals surface area (Å²) >= 11 is 0. The quantitative estimate of drug-likeness (QED) is 0.113. The summed E-state index contributed by atoms with van der Waals surface area (Å²) in [6.45, 7) is 4.36. The molecule has 1 unspecified atom stereocenters. The minimum atomic E-state index is -1.38. The highest BCUT2D eigenvalue weighted by atomic mass is 17.0. The summed E-state index contributed by atoms with van der Waals surface area (Å²) in [6, 6.07) is -1.38. The van der Waals surface area contributed by atoms with E-state index < -0.39 is 46.3 Å². The van der Waals surface area contributed by atoms with Crippen LogP contribution in [0.5, 0.6) is 0 Å². The molecule has 0 saturated heterocycles. The summed E-state index contributed by atoms with van der Waals surface area (Å²) in [7, 11) is 0. The molecular weight excluding hydrogens is 438 g/mol. The van der Waals surface area contributed by atoms with E-state index in [0.29, 0.717) is 6.42 Å². The van der Waals surface area contributed by atoms with Crippen LogP contribution in [0.25, 0.3) is 0 Å². The van der Waals surface area contributed by atoms with Crippen molar-refractivity contribution in [2.75, 3.05) is 26.4 Å². The van der Waals surface area contributed by atoms with E-state index in [1.54, 1.807) is 20.8 Å². The Balaban J connectivity index is 4.56. The fourth-order valence-electron chi connectivity index (χ4n) is 2.01. The molecule has 0 aromatic rings. The lowest BCUT2D eigenvalue weighted by Gasteiger charge is -2.22. The summed E-state index contributed by atoms with van der Waals surface area (Å²) in [6.07, 6.45) is -0.399. The molecule has 0 spiro atoms. The van der Waals surface area contributed by atoms with Crippen LogP contribution < -0.4 is 5.32 Å². The van der Waals surface area contributed by atoms with Crippen molar-refractivity contribution in [3.8, 4) is 0 Å². The third-order valence-electron chi connectivity index (χ3n) is 3.32. The van der Waals surface area contributed by atoms with Crippen molar-refractivity contribution in [3.63, 3.8) is 0 Å². The second kappa shape index (κ2) is 15.4. The Morgan fingerprint density at radius 3 is 1.78 bits per heavy atom. The lowest BCUT2D eigenvalue weighted by atomic mass is 10.2. The number of nitrogens with zero attached hydrogens (tertiary/aromatic N) is 2. The summed E-state index contributed by atoms with van der Waals surface area (Å²) in [5.74, 6) is -1.72. The van der Waals surface area contributed by atoms with E-state index in [1.807, 2.05) is 0 Å². The number of carbonyl (C=O) groups excluding carboxylic acids is 3. The van der Waals surface area contributed by atoms with Crippen LogP contribution >= 0.6 is 0 Å². The SMILES string of the molecule is CC(C)(C)OC(=O)NC(CC(=O)OCCCCO[N+](=O)[O-])C(=O)OCCCCO[N+](=O)[O-]. The second-order valence-electron chi connectivity index (χ2n) is 7.32. The topological polar surface area (TPSA) is 196 Å². The van der Waals surface area contributed by atoms with Gasteiger partial charge in [0.15, 0.2) is 0 Å². The Morgan fingerprint density at radius 2 is 1.31 bits per heavy atom. The predicted molar refractivity (Wildman–Crippen MR) is 104 cm³/mol. The number of esters is 2. The first-order valence-electron chi connectivity index (χ1n) is 9.77. The van der Waals surface area contributed by atoms with Gasteiger partial charge in [0.25, 0.3) is 10.2 Å². The monoisotopic (exact) mass is 467 g/mol. The number of rotatable bonds is 16. The van der Waals surface area contributed by atoms with Crippen LogP contribution in [0.1, 0.15) is 52.9 Å². The van der Waals surface area contributed by atoms with Crippen molar-refractivity contribution in [2.45, 2.75) is 64.5 Å². The lowest BCUT2D eigenvalue weighted by Crippen LogP contribution is -2.45. The van der Waals surface area contributed by atoms with Crippen LogP contribution in [0.15, 0.2) is 0 Å². The van der Waals surface area contributed by atoms with Crippen molar-refractivity contribution in [2.24, 2.45) is 0 Å². The Kier molecular flexibility index (Phi) is 13.8. The van der Waals surface area contributed by atoms with Gasteiger partial charge in [-0.3, -0.25) is 4.79 Å². The van der Waals surface area contributed by atoms with Gasteiger partial charge in [-0.15, -0.1) is 20.2 Å². The average molecular weight is 467 g/mol. The first kappa shape index (κ1) is 28.6. The standard InChI is InChI=1S/C17H29N3O12/c1-17(2,3)32-16(23)18-13(15(22)29-9-5-7-11-31-20(26)27)12-14(21)28-8-4-6-10-30-19(24)25/h13H,4-12H2,1-3H3,(H,18,23). The second-order valence-corrected chi connectivity index (χ2v) is 7.32. The third kappa shape index (κ3) is 17.5. The Bertz CT molecular complexity index is 635. The maximum absolute atomic E-state index is 12.3. The molecule has 0 aliphatic heterocycles. The molecule has 1 amide bonds. The smallest absolute Gasteiger partial charge is 0.408 e. The van der Waals surface area contributed by atoms with Crippen LogP contribution in [0.2, 0.25) is 0 Å².